The predicted molar refractivity (Wildman–Crippen MR) is 94.1 cm³/mol. The van der Waals surface area contributed by atoms with Gasteiger partial charge >= 0.3 is 0 Å². The van der Waals surface area contributed by atoms with Crippen molar-refractivity contribution in [2.24, 2.45) is 0 Å². The van der Waals surface area contributed by atoms with Gasteiger partial charge in [0.2, 0.25) is 5.91 Å². The summed E-state index contributed by atoms with van der Waals surface area (Å²) >= 11 is 13.3. The fraction of sp³-hybridized carbons (Fsp3) is 0.188. The molecule has 1 heterocycles. The van der Waals surface area contributed by atoms with E-state index < -0.39 is 0 Å². The predicted octanol–water partition coefficient (Wildman–Crippen LogP) is 4.69. The van der Waals surface area contributed by atoms with Gasteiger partial charge in [-0.15, -0.1) is 11.8 Å². The number of aryl methyl sites for hydroxylation is 1. The number of carbonyl (C=O) groups excluding carboxylic acids is 1. The van der Waals surface area contributed by atoms with Crippen LogP contribution in [0.5, 0.6) is 0 Å². The van der Waals surface area contributed by atoms with Crippen molar-refractivity contribution >= 4 is 46.6 Å². The van der Waals surface area contributed by atoms with Crippen LogP contribution in [0.3, 0.4) is 0 Å². The van der Waals surface area contributed by atoms with Crippen molar-refractivity contribution in [3.05, 3.63) is 51.6 Å². The molecule has 1 aromatic carbocycles. The summed E-state index contributed by atoms with van der Waals surface area (Å²) in [6.45, 7) is 1.86. The molecule has 0 aliphatic heterocycles. The normalized spacial score (nSPS) is 10.2. The van der Waals surface area contributed by atoms with Gasteiger partial charge in [0.25, 0.3) is 0 Å². The molecule has 0 saturated heterocycles. The van der Waals surface area contributed by atoms with Crippen LogP contribution < -0.4 is 5.32 Å². The summed E-state index contributed by atoms with van der Waals surface area (Å²) in [7, 11) is 0. The average Bonchev–Trinajstić information content (AvgIpc) is 2.51. The van der Waals surface area contributed by atoms with Crippen molar-refractivity contribution in [3.8, 4) is 6.07 Å². The summed E-state index contributed by atoms with van der Waals surface area (Å²) in [5.41, 5.74) is 1.83. The quantitative estimate of drug-likeness (QED) is 0.780. The molecule has 0 aliphatic carbocycles. The molecule has 0 saturated carbocycles. The molecular weight excluding hydrogens is 353 g/mol. The van der Waals surface area contributed by atoms with E-state index >= 15 is 0 Å². The van der Waals surface area contributed by atoms with E-state index in [1.165, 1.54) is 11.8 Å². The number of carbonyl (C=O) groups is 1. The molecule has 1 aromatic heterocycles. The summed E-state index contributed by atoms with van der Waals surface area (Å²) in [6.07, 6.45) is 0.272. The van der Waals surface area contributed by atoms with E-state index in [4.69, 9.17) is 28.5 Å². The average molecular weight is 366 g/mol. The number of pyridine rings is 1. The highest BCUT2D eigenvalue weighted by molar-refractivity contribution is 7.99. The fourth-order valence-corrected chi connectivity index (χ4v) is 3.07. The highest BCUT2D eigenvalue weighted by Crippen LogP contribution is 2.26. The summed E-state index contributed by atoms with van der Waals surface area (Å²) in [4.78, 5) is 16.3. The van der Waals surface area contributed by atoms with Gasteiger partial charge in [0, 0.05) is 22.9 Å². The van der Waals surface area contributed by atoms with Gasteiger partial charge in [-0.25, -0.2) is 4.98 Å². The molecule has 4 nitrogen and oxygen atoms in total. The number of aromatic nitrogens is 1. The number of halogens is 2. The van der Waals surface area contributed by atoms with Gasteiger partial charge in [0.15, 0.2) is 0 Å². The van der Waals surface area contributed by atoms with Crippen molar-refractivity contribution in [1.29, 1.82) is 5.26 Å². The summed E-state index contributed by atoms with van der Waals surface area (Å²) in [5.74, 6) is 0.336. The highest BCUT2D eigenvalue weighted by atomic mass is 35.5. The number of nitrogens with one attached hydrogen (secondary N) is 1. The molecule has 23 heavy (non-hydrogen) atoms. The third kappa shape index (κ3) is 5.14. The smallest absolute Gasteiger partial charge is 0.225 e. The Morgan fingerprint density at radius 3 is 2.87 bits per heavy atom. The van der Waals surface area contributed by atoms with Crippen LogP contribution in [0.1, 0.15) is 17.7 Å². The molecule has 118 valence electrons. The van der Waals surface area contributed by atoms with Gasteiger partial charge in [-0.05, 0) is 37.3 Å². The number of nitriles is 1. The first kappa shape index (κ1) is 17.6. The number of hydrogen-bond donors (Lipinski definition) is 1. The minimum absolute atomic E-state index is 0.173. The lowest BCUT2D eigenvalue weighted by Gasteiger charge is -2.08. The first-order chi connectivity index (χ1) is 11.0. The molecule has 0 fully saturated rings. The molecule has 0 spiro atoms. The molecule has 2 rings (SSSR count). The second kappa shape index (κ2) is 8.21. The molecule has 0 unspecified atom stereocenters. The fourth-order valence-electron chi connectivity index (χ4n) is 1.77. The first-order valence-corrected chi connectivity index (χ1v) is 8.49. The second-order valence-electron chi connectivity index (χ2n) is 4.69. The lowest BCUT2D eigenvalue weighted by Crippen LogP contribution is -2.12. The largest absolute Gasteiger partial charge is 0.325 e. The molecule has 1 amide bonds. The molecule has 0 radical (unpaired) electrons. The van der Waals surface area contributed by atoms with Gasteiger partial charge in [-0.2, -0.15) is 5.26 Å². The Bertz CT molecular complexity index is 774. The van der Waals surface area contributed by atoms with Crippen LogP contribution in [0.4, 0.5) is 5.69 Å². The Labute approximate surface area is 148 Å². The molecular formula is C16H13Cl2N3OS. The van der Waals surface area contributed by atoms with E-state index in [9.17, 15) is 4.79 Å². The van der Waals surface area contributed by atoms with Crippen molar-refractivity contribution < 1.29 is 4.79 Å². The number of anilines is 1. The maximum atomic E-state index is 12.0. The van der Waals surface area contributed by atoms with E-state index in [1.54, 1.807) is 30.3 Å². The number of thioether (sulfide) groups is 1. The van der Waals surface area contributed by atoms with Crippen LogP contribution in [-0.2, 0) is 4.79 Å². The van der Waals surface area contributed by atoms with Gasteiger partial charge in [0.1, 0.15) is 11.1 Å². The lowest BCUT2D eigenvalue weighted by atomic mass is 10.3. The Morgan fingerprint density at radius 1 is 1.35 bits per heavy atom. The van der Waals surface area contributed by atoms with Crippen LogP contribution in [0.15, 0.2) is 35.4 Å². The standard InChI is InChI=1S/C16H13Cl2N3OS/c1-10-2-3-11(9-19)16(20-10)23-7-6-15(22)21-14-8-12(17)4-5-13(14)18/h2-5,8H,6-7H2,1H3,(H,21,22). The van der Waals surface area contributed by atoms with E-state index in [0.29, 0.717) is 32.1 Å². The van der Waals surface area contributed by atoms with Crippen LogP contribution in [0, 0.1) is 18.3 Å². The van der Waals surface area contributed by atoms with Crippen LogP contribution in [0.25, 0.3) is 0 Å². The minimum atomic E-state index is -0.173. The van der Waals surface area contributed by atoms with E-state index in [2.05, 4.69) is 16.4 Å². The topological polar surface area (TPSA) is 65.8 Å². The number of benzene rings is 1. The maximum Gasteiger partial charge on any atom is 0.225 e. The SMILES string of the molecule is Cc1ccc(C#N)c(SCCC(=O)Nc2cc(Cl)ccc2Cl)n1. The molecule has 7 heteroatoms. The Hall–Kier alpha value is -1.74. The van der Waals surface area contributed by atoms with Gasteiger partial charge in [-0.3, -0.25) is 4.79 Å². The summed E-state index contributed by atoms with van der Waals surface area (Å²) < 4.78 is 0. The van der Waals surface area contributed by atoms with Crippen LogP contribution in [-0.4, -0.2) is 16.6 Å². The number of rotatable bonds is 5. The third-order valence-corrected chi connectivity index (χ3v) is 4.45. The van der Waals surface area contributed by atoms with Crippen LogP contribution >= 0.6 is 35.0 Å². The number of amides is 1. The molecule has 0 aliphatic rings. The number of hydrogen-bond acceptors (Lipinski definition) is 4. The zero-order chi connectivity index (χ0) is 16.8. The monoisotopic (exact) mass is 365 g/mol. The molecule has 0 bridgehead atoms. The van der Waals surface area contributed by atoms with Gasteiger partial charge in [0.05, 0.1) is 16.3 Å². The summed E-state index contributed by atoms with van der Waals surface area (Å²) in [6, 6.07) is 10.5. The van der Waals surface area contributed by atoms with Crippen molar-refractivity contribution in [1.82, 2.24) is 4.98 Å². The zero-order valence-electron chi connectivity index (χ0n) is 12.3. The van der Waals surface area contributed by atoms with E-state index in [0.717, 1.165) is 5.69 Å². The second-order valence-corrected chi connectivity index (χ2v) is 6.62. The van der Waals surface area contributed by atoms with Crippen molar-refractivity contribution in [2.45, 2.75) is 18.4 Å². The van der Waals surface area contributed by atoms with Gasteiger partial charge < -0.3 is 5.32 Å². The Kier molecular flexibility index (Phi) is 6.28. The summed E-state index contributed by atoms with van der Waals surface area (Å²) in [5, 5.41) is 13.4. The first-order valence-electron chi connectivity index (χ1n) is 6.75. The zero-order valence-corrected chi connectivity index (χ0v) is 14.6. The Morgan fingerprint density at radius 2 is 2.13 bits per heavy atom. The molecule has 0 atom stereocenters. The number of nitrogens with zero attached hydrogens (tertiary/aromatic N) is 2. The van der Waals surface area contributed by atoms with Crippen molar-refractivity contribution in [2.75, 3.05) is 11.1 Å². The van der Waals surface area contributed by atoms with E-state index in [1.807, 2.05) is 6.92 Å². The minimum Gasteiger partial charge on any atom is -0.325 e. The molecule has 2 aromatic rings. The van der Waals surface area contributed by atoms with Crippen LogP contribution in [0.2, 0.25) is 10.0 Å². The Balaban J connectivity index is 1.92. The van der Waals surface area contributed by atoms with E-state index in [-0.39, 0.29) is 12.3 Å². The van der Waals surface area contributed by atoms with Gasteiger partial charge in [-0.1, -0.05) is 23.2 Å². The van der Waals surface area contributed by atoms with Crippen molar-refractivity contribution in [3.63, 3.8) is 0 Å². The lowest BCUT2D eigenvalue weighted by molar-refractivity contribution is -0.115. The maximum absolute atomic E-state index is 12.0. The molecule has 1 N–H and O–H groups in total. The third-order valence-electron chi connectivity index (χ3n) is 2.89. The highest BCUT2D eigenvalue weighted by Gasteiger charge is 2.09.